The van der Waals surface area contributed by atoms with Gasteiger partial charge in [0.05, 0.1) is 0 Å². The Balaban J connectivity index is 2.26. The van der Waals surface area contributed by atoms with Gasteiger partial charge in [-0.3, -0.25) is 4.79 Å². The molecule has 0 heterocycles. The molecule has 0 aromatic heterocycles. The molecule has 72 valence electrons. The van der Waals surface area contributed by atoms with Gasteiger partial charge < -0.3 is 0 Å². The van der Waals surface area contributed by atoms with Crippen LogP contribution in [0.5, 0.6) is 0 Å². The monoisotopic (exact) mass is 194 g/mol. The number of Topliss-reactive ketones (excluding diaryl/α,β-unsaturated/α-hetero) is 1. The molecule has 15 heavy (non-hydrogen) atoms. The van der Waals surface area contributed by atoms with Crippen LogP contribution < -0.4 is 0 Å². The standard InChI is InChI=1S/C14H10O/c15-14-12-8-3-1-2-6-10(12)11-7-4-5-9-13(11)14/h1-7,9H,8H2. The van der Waals surface area contributed by atoms with E-state index in [0.717, 1.165) is 28.7 Å². The summed E-state index contributed by atoms with van der Waals surface area (Å²) in [5, 5.41) is 0. The lowest BCUT2D eigenvalue weighted by molar-refractivity contribution is 0.103. The van der Waals surface area contributed by atoms with E-state index >= 15 is 0 Å². The van der Waals surface area contributed by atoms with Crippen molar-refractivity contribution >= 4 is 11.4 Å². The van der Waals surface area contributed by atoms with Crippen molar-refractivity contribution in [3.63, 3.8) is 0 Å². The molecule has 1 nitrogen and oxygen atoms in total. The van der Waals surface area contributed by atoms with Gasteiger partial charge in [-0.05, 0) is 17.6 Å². The third-order valence-electron chi connectivity index (χ3n) is 2.89. The molecule has 0 atom stereocenters. The summed E-state index contributed by atoms with van der Waals surface area (Å²) in [6.45, 7) is 0. The summed E-state index contributed by atoms with van der Waals surface area (Å²) in [6.07, 6.45) is 8.80. The molecule has 0 saturated heterocycles. The molecule has 3 rings (SSSR count). The normalized spacial score (nSPS) is 17.7. The SMILES string of the molecule is O=C1C2=C(C=CC=CC2)c2ccccc21. The molecular weight excluding hydrogens is 184 g/mol. The first kappa shape index (κ1) is 8.42. The van der Waals surface area contributed by atoms with Gasteiger partial charge in [-0.1, -0.05) is 48.6 Å². The lowest BCUT2D eigenvalue weighted by atomic mass is 10.1. The summed E-state index contributed by atoms with van der Waals surface area (Å²) in [4.78, 5) is 12.1. The van der Waals surface area contributed by atoms with Gasteiger partial charge in [0.15, 0.2) is 5.78 Å². The van der Waals surface area contributed by atoms with Crippen LogP contribution in [-0.4, -0.2) is 5.78 Å². The molecule has 0 unspecified atom stereocenters. The van der Waals surface area contributed by atoms with Crippen molar-refractivity contribution < 1.29 is 4.79 Å². The first-order chi connectivity index (χ1) is 7.38. The molecule has 0 fully saturated rings. The zero-order valence-corrected chi connectivity index (χ0v) is 8.23. The maximum Gasteiger partial charge on any atom is 0.190 e. The maximum absolute atomic E-state index is 12.1. The fourth-order valence-electron chi connectivity index (χ4n) is 2.17. The molecule has 0 aliphatic heterocycles. The van der Waals surface area contributed by atoms with Gasteiger partial charge in [0.25, 0.3) is 0 Å². The number of fused-ring (bicyclic) bond motifs is 2. The predicted octanol–water partition coefficient (Wildman–Crippen LogP) is 3.15. The number of benzene rings is 1. The molecule has 0 N–H and O–H groups in total. The minimum atomic E-state index is 0.191. The Kier molecular flexibility index (Phi) is 1.72. The minimum Gasteiger partial charge on any atom is -0.289 e. The van der Waals surface area contributed by atoms with Gasteiger partial charge >= 0.3 is 0 Å². The Labute approximate surface area is 88.4 Å². The summed E-state index contributed by atoms with van der Waals surface area (Å²) in [5.41, 5.74) is 3.96. The van der Waals surface area contributed by atoms with Crippen LogP contribution in [0.2, 0.25) is 0 Å². The molecule has 0 radical (unpaired) electrons. The Bertz CT molecular complexity index is 530. The fraction of sp³-hybridized carbons (Fsp3) is 0.0714. The molecule has 1 aromatic rings. The van der Waals surface area contributed by atoms with Crippen LogP contribution in [-0.2, 0) is 0 Å². The van der Waals surface area contributed by atoms with Gasteiger partial charge in [0, 0.05) is 11.1 Å². The van der Waals surface area contributed by atoms with E-state index in [1.807, 2.05) is 48.6 Å². The van der Waals surface area contributed by atoms with E-state index in [1.54, 1.807) is 0 Å². The predicted molar refractivity (Wildman–Crippen MR) is 60.6 cm³/mol. The molecule has 2 aliphatic rings. The third-order valence-corrected chi connectivity index (χ3v) is 2.89. The number of carbonyl (C=O) groups is 1. The first-order valence-electron chi connectivity index (χ1n) is 5.08. The largest absolute Gasteiger partial charge is 0.289 e. The van der Waals surface area contributed by atoms with Crippen LogP contribution in [0, 0.1) is 0 Å². The number of ketones is 1. The van der Waals surface area contributed by atoms with Gasteiger partial charge in [0.2, 0.25) is 0 Å². The fourth-order valence-corrected chi connectivity index (χ4v) is 2.17. The zero-order valence-electron chi connectivity index (χ0n) is 8.23. The molecule has 2 aliphatic carbocycles. The van der Waals surface area contributed by atoms with E-state index in [-0.39, 0.29) is 5.78 Å². The average molecular weight is 194 g/mol. The Morgan fingerprint density at radius 3 is 2.67 bits per heavy atom. The second kappa shape index (κ2) is 3.06. The highest BCUT2D eigenvalue weighted by Crippen LogP contribution is 2.36. The maximum atomic E-state index is 12.1. The summed E-state index contributed by atoms with van der Waals surface area (Å²) in [6, 6.07) is 7.83. The van der Waals surface area contributed by atoms with Crippen molar-refractivity contribution in [2.45, 2.75) is 6.42 Å². The third kappa shape index (κ3) is 1.13. The van der Waals surface area contributed by atoms with Crippen molar-refractivity contribution in [1.29, 1.82) is 0 Å². The number of carbonyl (C=O) groups excluding carboxylic acids is 1. The van der Waals surface area contributed by atoms with E-state index in [4.69, 9.17) is 0 Å². The quantitative estimate of drug-likeness (QED) is 0.620. The van der Waals surface area contributed by atoms with Crippen LogP contribution in [0.25, 0.3) is 5.57 Å². The van der Waals surface area contributed by atoms with E-state index in [2.05, 4.69) is 0 Å². The van der Waals surface area contributed by atoms with E-state index in [9.17, 15) is 4.79 Å². The molecule has 0 amide bonds. The van der Waals surface area contributed by atoms with Crippen molar-refractivity contribution in [1.82, 2.24) is 0 Å². The highest BCUT2D eigenvalue weighted by Gasteiger charge is 2.26. The number of allylic oxidation sites excluding steroid dienone is 6. The Hall–Kier alpha value is -1.89. The number of hydrogen-bond acceptors (Lipinski definition) is 1. The second-order valence-electron chi connectivity index (χ2n) is 3.76. The van der Waals surface area contributed by atoms with Crippen LogP contribution >= 0.6 is 0 Å². The topological polar surface area (TPSA) is 17.1 Å². The van der Waals surface area contributed by atoms with Crippen LogP contribution in [0.1, 0.15) is 22.3 Å². The second-order valence-corrected chi connectivity index (χ2v) is 3.76. The molecular formula is C14H10O. The molecule has 0 bridgehead atoms. The van der Waals surface area contributed by atoms with Crippen LogP contribution in [0.4, 0.5) is 0 Å². The van der Waals surface area contributed by atoms with Crippen LogP contribution in [0.3, 0.4) is 0 Å². The van der Waals surface area contributed by atoms with E-state index in [0.29, 0.717) is 0 Å². The lowest BCUT2D eigenvalue weighted by Gasteiger charge is -1.98. The van der Waals surface area contributed by atoms with Gasteiger partial charge in [0.1, 0.15) is 0 Å². The van der Waals surface area contributed by atoms with Gasteiger partial charge in [-0.15, -0.1) is 0 Å². The summed E-state index contributed by atoms with van der Waals surface area (Å²) < 4.78 is 0. The van der Waals surface area contributed by atoms with Crippen molar-refractivity contribution in [3.8, 4) is 0 Å². The van der Waals surface area contributed by atoms with E-state index in [1.165, 1.54) is 0 Å². The minimum absolute atomic E-state index is 0.191. The first-order valence-corrected chi connectivity index (χ1v) is 5.08. The molecule has 1 aromatic carbocycles. The summed E-state index contributed by atoms with van der Waals surface area (Å²) in [5.74, 6) is 0.191. The Morgan fingerprint density at radius 1 is 1.00 bits per heavy atom. The molecule has 1 heteroatoms. The van der Waals surface area contributed by atoms with Gasteiger partial charge in [-0.25, -0.2) is 0 Å². The van der Waals surface area contributed by atoms with E-state index < -0.39 is 0 Å². The number of hydrogen-bond donors (Lipinski definition) is 0. The smallest absolute Gasteiger partial charge is 0.190 e. The highest BCUT2D eigenvalue weighted by atomic mass is 16.1. The summed E-state index contributed by atoms with van der Waals surface area (Å²) >= 11 is 0. The zero-order chi connectivity index (χ0) is 10.3. The van der Waals surface area contributed by atoms with Crippen LogP contribution in [0.15, 0.2) is 54.1 Å². The summed E-state index contributed by atoms with van der Waals surface area (Å²) in [7, 11) is 0. The van der Waals surface area contributed by atoms with Crippen molar-refractivity contribution in [3.05, 3.63) is 65.3 Å². The Morgan fingerprint density at radius 2 is 1.80 bits per heavy atom. The average Bonchev–Trinajstić information content (AvgIpc) is 2.48. The van der Waals surface area contributed by atoms with Crippen molar-refractivity contribution in [2.24, 2.45) is 0 Å². The van der Waals surface area contributed by atoms with Gasteiger partial charge in [-0.2, -0.15) is 0 Å². The van der Waals surface area contributed by atoms with Crippen molar-refractivity contribution in [2.75, 3.05) is 0 Å². The number of rotatable bonds is 0. The highest BCUT2D eigenvalue weighted by molar-refractivity contribution is 6.22. The molecule has 0 spiro atoms. The lowest BCUT2D eigenvalue weighted by Crippen LogP contribution is -1.97. The molecule has 0 saturated carbocycles.